The van der Waals surface area contributed by atoms with Crippen LogP contribution in [-0.4, -0.2) is 82.8 Å². The van der Waals surface area contributed by atoms with Crippen molar-refractivity contribution in [2.24, 2.45) is 0 Å². The van der Waals surface area contributed by atoms with Gasteiger partial charge in [-0.3, -0.25) is 10.1 Å². The highest BCUT2D eigenvalue weighted by atomic mass is 32.1. The molecule has 4 rings (SSSR count). The quantitative estimate of drug-likeness (QED) is 0.382. The number of thiazole rings is 1. The zero-order valence-corrected chi connectivity index (χ0v) is 26.2. The van der Waals surface area contributed by atoms with Crippen LogP contribution in [0.5, 0.6) is 11.8 Å². The van der Waals surface area contributed by atoms with Gasteiger partial charge in [0.1, 0.15) is 11.4 Å². The summed E-state index contributed by atoms with van der Waals surface area (Å²) in [4.78, 5) is 46.3. The molecule has 2 aromatic heterocycles. The topological polar surface area (TPSA) is 132 Å². The minimum Gasteiger partial charge on any atom is -0.444 e. The summed E-state index contributed by atoms with van der Waals surface area (Å²) in [6, 6.07) is 6.82. The zero-order chi connectivity index (χ0) is 30.6. The molecule has 0 bridgehead atoms. The predicted molar refractivity (Wildman–Crippen MR) is 161 cm³/mol. The van der Waals surface area contributed by atoms with Crippen LogP contribution in [0, 0.1) is 0 Å². The lowest BCUT2D eigenvalue weighted by Crippen LogP contribution is -2.37. The molecule has 2 amide bonds. The summed E-state index contributed by atoms with van der Waals surface area (Å²) in [6.07, 6.45) is 0.972. The van der Waals surface area contributed by atoms with Gasteiger partial charge in [-0.25, -0.2) is 9.78 Å². The van der Waals surface area contributed by atoms with E-state index < -0.39 is 11.7 Å². The van der Waals surface area contributed by atoms with Gasteiger partial charge >= 0.3 is 12.1 Å². The molecule has 0 atom stereocenters. The van der Waals surface area contributed by atoms with Gasteiger partial charge in [0.2, 0.25) is 5.95 Å². The SMILES string of the molecule is CC.CC.CN(C)C(=O)c1ccc(Oc2nc(-c3cnc(NC(=O)OC(C)(C)C)s3)nc(N3CCOCC3)n2)cc1. The second kappa shape index (κ2) is 15.8. The van der Waals surface area contributed by atoms with Crippen LogP contribution in [-0.2, 0) is 9.47 Å². The molecule has 0 spiro atoms. The van der Waals surface area contributed by atoms with Crippen LogP contribution in [0.2, 0.25) is 0 Å². The van der Waals surface area contributed by atoms with E-state index in [0.29, 0.717) is 59.4 Å². The lowest BCUT2D eigenvalue weighted by molar-refractivity contribution is 0.0635. The lowest BCUT2D eigenvalue weighted by Gasteiger charge is -2.26. The number of benzene rings is 1. The first-order valence-corrected chi connectivity index (χ1v) is 14.4. The van der Waals surface area contributed by atoms with Gasteiger partial charge in [0, 0.05) is 32.7 Å². The summed E-state index contributed by atoms with van der Waals surface area (Å²) in [6.45, 7) is 15.7. The van der Waals surface area contributed by atoms with Gasteiger partial charge in [-0.15, -0.1) is 0 Å². The molecule has 1 N–H and O–H groups in total. The molecule has 41 heavy (non-hydrogen) atoms. The summed E-state index contributed by atoms with van der Waals surface area (Å²) in [7, 11) is 3.39. The predicted octanol–water partition coefficient (Wildman–Crippen LogP) is 5.73. The van der Waals surface area contributed by atoms with Crippen LogP contribution in [0.1, 0.15) is 58.8 Å². The first kappa shape index (κ1) is 33.4. The number of hydrogen-bond acceptors (Lipinski definition) is 11. The maximum Gasteiger partial charge on any atom is 0.413 e. The fourth-order valence-corrected chi connectivity index (χ4v) is 4.00. The molecule has 1 aromatic carbocycles. The Labute approximate surface area is 246 Å². The number of hydrogen-bond donors (Lipinski definition) is 1. The van der Waals surface area contributed by atoms with Gasteiger partial charge in [0.05, 0.1) is 24.3 Å². The fraction of sp³-hybridized carbons (Fsp3) is 0.500. The standard InChI is InChI=1S/C24H29N7O5S.2C2H6/c1-24(2,3)36-23(33)29-22-25-14-17(37-22)18-26-20(31-10-12-34-13-11-31)28-21(27-18)35-16-8-6-15(7-9-16)19(32)30(4)5;2*1-2/h6-9,14H,10-13H2,1-5H3,(H,25,29,33);2*1-2H3. The minimum absolute atomic E-state index is 0.0910. The number of morpholine rings is 1. The molecular formula is C28H41N7O5S. The van der Waals surface area contributed by atoms with Crippen LogP contribution >= 0.6 is 11.3 Å². The Hall–Kier alpha value is -3.84. The highest BCUT2D eigenvalue weighted by molar-refractivity contribution is 7.19. The molecule has 224 valence electrons. The van der Waals surface area contributed by atoms with Gasteiger partial charge in [0.25, 0.3) is 5.91 Å². The molecule has 0 radical (unpaired) electrons. The Morgan fingerprint density at radius 3 is 2.22 bits per heavy atom. The van der Waals surface area contributed by atoms with Gasteiger partial charge in [-0.2, -0.15) is 15.0 Å². The number of aromatic nitrogens is 4. The zero-order valence-electron chi connectivity index (χ0n) is 25.3. The first-order valence-electron chi connectivity index (χ1n) is 13.6. The molecule has 0 unspecified atom stereocenters. The maximum absolute atomic E-state index is 12.2. The van der Waals surface area contributed by atoms with Crippen LogP contribution in [0.15, 0.2) is 30.5 Å². The second-order valence-electron chi connectivity index (χ2n) is 9.32. The van der Waals surface area contributed by atoms with Gasteiger partial charge < -0.3 is 24.0 Å². The number of ether oxygens (including phenoxy) is 3. The lowest BCUT2D eigenvalue weighted by atomic mass is 10.2. The Morgan fingerprint density at radius 1 is 1.00 bits per heavy atom. The number of carbonyl (C=O) groups excluding carboxylic acids is 2. The van der Waals surface area contributed by atoms with E-state index in [1.807, 2.05) is 32.6 Å². The largest absolute Gasteiger partial charge is 0.444 e. The molecule has 1 aliphatic heterocycles. The normalized spacial score (nSPS) is 12.7. The number of carbonyl (C=O) groups is 2. The van der Waals surface area contributed by atoms with E-state index in [1.54, 1.807) is 65.3 Å². The molecule has 1 saturated heterocycles. The average Bonchev–Trinajstić information content (AvgIpc) is 3.43. The van der Waals surface area contributed by atoms with Crippen molar-refractivity contribution < 1.29 is 23.8 Å². The third-order valence-electron chi connectivity index (χ3n) is 4.95. The van der Waals surface area contributed by atoms with Crippen molar-refractivity contribution in [1.29, 1.82) is 0 Å². The summed E-state index contributed by atoms with van der Waals surface area (Å²) < 4.78 is 16.7. The number of nitrogens with zero attached hydrogens (tertiary/aromatic N) is 6. The number of amides is 2. The molecule has 1 fully saturated rings. The molecule has 0 saturated carbocycles. The second-order valence-corrected chi connectivity index (χ2v) is 10.4. The molecule has 13 heteroatoms. The molecular weight excluding hydrogens is 546 g/mol. The molecule has 0 aliphatic carbocycles. The van der Waals surface area contributed by atoms with Gasteiger partial charge in [0.15, 0.2) is 11.0 Å². The van der Waals surface area contributed by atoms with E-state index in [2.05, 4.69) is 25.3 Å². The third kappa shape index (κ3) is 10.3. The van der Waals surface area contributed by atoms with Crippen LogP contribution in [0.3, 0.4) is 0 Å². The van der Waals surface area contributed by atoms with E-state index >= 15 is 0 Å². The third-order valence-corrected chi connectivity index (χ3v) is 5.86. The number of anilines is 2. The van der Waals surface area contributed by atoms with Crippen molar-refractivity contribution in [1.82, 2.24) is 24.8 Å². The van der Waals surface area contributed by atoms with Crippen molar-refractivity contribution in [3.05, 3.63) is 36.0 Å². The average molecular weight is 588 g/mol. The number of rotatable bonds is 6. The van der Waals surface area contributed by atoms with Crippen LogP contribution in [0.25, 0.3) is 10.7 Å². The van der Waals surface area contributed by atoms with Crippen molar-refractivity contribution in [3.8, 4) is 22.5 Å². The molecule has 3 aromatic rings. The number of nitrogens with one attached hydrogen (secondary N) is 1. The van der Waals surface area contributed by atoms with Crippen molar-refractivity contribution in [2.75, 3.05) is 50.6 Å². The highest BCUT2D eigenvalue weighted by Gasteiger charge is 2.21. The summed E-state index contributed by atoms with van der Waals surface area (Å²) in [5.74, 6) is 1.15. The van der Waals surface area contributed by atoms with Gasteiger partial charge in [-0.1, -0.05) is 39.0 Å². The van der Waals surface area contributed by atoms with E-state index in [-0.39, 0.29) is 11.9 Å². The smallest absolute Gasteiger partial charge is 0.413 e. The van der Waals surface area contributed by atoms with E-state index in [1.165, 1.54) is 16.2 Å². The first-order chi connectivity index (χ1) is 19.6. The Bertz CT molecular complexity index is 1250. The van der Waals surface area contributed by atoms with Crippen molar-refractivity contribution in [3.63, 3.8) is 0 Å². The van der Waals surface area contributed by atoms with E-state index in [9.17, 15) is 9.59 Å². The van der Waals surface area contributed by atoms with E-state index in [0.717, 1.165) is 0 Å². The Balaban J connectivity index is 0.00000141. The Morgan fingerprint density at radius 2 is 1.63 bits per heavy atom. The summed E-state index contributed by atoms with van der Waals surface area (Å²) in [5.41, 5.74) is -0.0901. The minimum atomic E-state index is -0.629. The van der Waals surface area contributed by atoms with Crippen LogP contribution < -0.4 is 15.0 Å². The fourth-order valence-electron chi connectivity index (χ4n) is 3.26. The van der Waals surface area contributed by atoms with Gasteiger partial charge in [-0.05, 0) is 45.0 Å². The van der Waals surface area contributed by atoms with E-state index in [4.69, 9.17) is 14.2 Å². The maximum atomic E-state index is 12.2. The molecule has 3 heterocycles. The van der Waals surface area contributed by atoms with Crippen LogP contribution in [0.4, 0.5) is 15.9 Å². The summed E-state index contributed by atoms with van der Waals surface area (Å²) >= 11 is 1.20. The summed E-state index contributed by atoms with van der Waals surface area (Å²) in [5, 5.41) is 2.98. The Kier molecular flexibility index (Phi) is 12.9. The molecule has 1 aliphatic rings. The van der Waals surface area contributed by atoms with Crippen molar-refractivity contribution in [2.45, 2.75) is 54.1 Å². The molecule has 12 nitrogen and oxygen atoms in total. The monoisotopic (exact) mass is 587 g/mol. The van der Waals surface area contributed by atoms with Crippen molar-refractivity contribution >= 4 is 34.4 Å². The highest BCUT2D eigenvalue weighted by Crippen LogP contribution is 2.30.